The minimum Gasteiger partial charge on any atom is -0.378 e. The minimum absolute atomic E-state index is 0.0207. The molecule has 122 valence electrons. The average molecular weight is 324 g/mol. The Morgan fingerprint density at radius 1 is 1.50 bits per heavy atom. The van der Waals surface area contributed by atoms with E-state index in [0.717, 1.165) is 51.0 Å². The van der Waals surface area contributed by atoms with Crippen LogP contribution in [0.15, 0.2) is 0 Å². The number of carbonyl (C=O) groups is 1. The van der Waals surface area contributed by atoms with E-state index in [1.807, 2.05) is 0 Å². The van der Waals surface area contributed by atoms with Gasteiger partial charge in [0.2, 0.25) is 5.91 Å². The van der Waals surface area contributed by atoms with E-state index in [1.165, 1.54) is 0 Å². The summed E-state index contributed by atoms with van der Waals surface area (Å²) in [5.74, 6) is 1.35. The van der Waals surface area contributed by atoms with Crippen LogP contribution < -0.4 is 5.32 Å². The fourth-order valence-electron chi connectivity index (χ4n) is 3.68. The zero-order chi connectivity index (χ0) is 15.5. The molecule has 2 N–H and O–H groups in total. The molecule has 2 fully saturated rings. The number of H-pyrrole nitrogens is 1. The van der Waals surface area contributed by atoms with Gasteiger partial charge in [0.1, 0.15) is 12.4 Å². The maximum Gasteiger partial charge on any atom is 0.240 e. The van der Waals surface area contributed by atoms with E-state index in [-0.39, 0.29) is 18.5 Å². The van der Waals surface area contributed by atoms with Gasteiger partial charge in [-0.05, 0) is 44.3 Å². The van der Waals surface area contributed by atoms with Gasteiger partial charge in [0.25, 0.3) is 0 Å². The third-order valence-corrected chi connectivity index (χ3v) is 5.05. The number of fused-ring (bicyclic) bond motifs is 1. The van der Waals surface area contributed by atoms with E-state index in [2.05, 4.69) is 22.4 Å². The van der Waals surface area contributed by atoms with E-state index in [1.54, 1.807) is 4.57 Å². The third-order valence-electron chi connectivity index (χ3n) is 4.74. The molecule has 1 amide bonds. The Kier molecular flexibility index (Phi) is 4.93. The topological polar surface area (TPSA) is 71.9 Å². The zero-order valence-corrected chi connectivity index (χ0v) is 13.8. The molecule has 2 heterocycles. The van der Waals surface area contributed by atoms with Gasteiger partial charge < -0.3 is 10.1 Å². The summed E-state index contributed by atoms with van der Waals surface area (Å²) in [6.45, 7) is 3.17. The summed E-state index contributed by atoms with van der Waals surface area (Å²) in [4.78, 5) is 12.4. The fourth-order valence-corrected chi connectivity index (χ4v) is 3.89. The number of aromatic amines is 1. The molecule has 1 aliphatic carbocycles. The Labute approximate surface area is 135 Å². The first-order chi connectivity index (χ1) is 10.7. The Hall–Kier alpha value is -1.21. The molecule has 1 aromatic heterocycles. The Morgan fingerprint density at radius 2 is 2.36 bits per heavy atom. The predicted octanol–water partition coefficient (Wildman–Crippen LogP) is 1.97. The maximum atomic E-state index is 12.4. The van der Waals surface area contributed by atoms with Crippen LogP contribution in [0.4, 0.5) is 0 Å². The monoisotopic (exact) mass is 324 g/mol. The molecule has 7 heteroatoms. The summed E-state index contributed by atoms with van der Waals surface area (Å²) >= 11 is 5.23. The first-order valence-electron chi connectivity index (χ1n) is 8.24. The van der Waals surface area contributed by atoms with E-state index in [4.69, 9.17) is 17.0 Å². The fraction of sp³-hybridized carbons (Fsp3) is 0.800. The van der Waals surface area contributed by atoms with Crippen molar-refractivity contribution in [1.29, 1.82) is 0 Å². The number of hydrogen-bond donors (Lipinski definition) is 2. The molecule has 6 nitrogen and oxygen atoms in total. The highest BCUT2D eigenvalue weighted by molar-refractivity contribution is 7.71. The number of rotatable bonds is 5. The van der Waals surface area contributed by atoms with Crippen molar-refractivity contribution in [1.82, 2.24) is 20.1 Å². The normalized spacial score (nSPS) is 27.6. The van der Waals surface area contributed by atoms with Crippen LogP contribution in [0, 0.1) is 10.7 Å². The molecule has 0 spiro atoms. The summed E-state index contributed by atoms with van der Waals surface area (Å²) in [7, 11) is 0. The number of nitrogens with one attached hydrogen (secondary N) is 2. The molecule has 1 saturated carbocycles. The number of hydrogen-bond acceptors (Lipinski definition) is 4. The van der Waals surface area contributed by atoms with Gasteiger partial charge in [-0.1, -0.05) is 6.92 Å². The zero-order valence-electron chi connectivity index (χ0n) is 13.0. The minimum atomic E-state index is 0.0207. The highest BCUT2D eigenvalue weighted by Crippen LogP contribution is 2.34. The van der Waals surface area contributed by atoms with Crippen LogP contribution >= 0.6 is 12.2 Å². The van der Waals surface area contributed by atoms with Gasteiger partial charge in [0.05, 0.1) is 6.10 Å². The summed E-state index contributed by atoms with van der Waals surface area (Å²) in [5.41, 5.74) is 0. The van der Waals surface area contributed by atoms with Crippen molar-refractivity contribution in [2.75, 3.05) is 6.61 Å². The summed E-state index contributed by atoms with van der Waals surface area (Å²) in [6.07, 6.45) is 6.50. The number of carbonyl (C=O) groups excluding carboxylic acids is 1. The number of aryl methyl sites for hydroxylation is 1. The van der Waals surface area contributed by atoms with Gasteiger partial charge in [0.15, 0.2) is 4.77 Å². The van der Waals surface area contributed by atoms with Gasteiger partial charge in [-0.3, -0.25) is 14.5 Å². The molecule has 22 heavy (non-hydrogen) atoms. The Balaban J connectivity index is 1.63. The van der Waals surface area contributed by atoms with E-state index >= 15 is 0 Å². The first-order valence-corrected chi connectivity index (χ1v) is 8.65. The standard InChI is InChI=1S/C15H24N4O2S/c1-2-4-13-17-18-15(22)19(13)9-14(20)16-11-5-3-6-12-10(11)7-8-21-12/h10-12H,2-9H2,1H3,(H,16,20)(H,18,22)/t10-,11-,12+/m1/s1. The summed E-state index contributed by atoms with van der Waals surface area (Å²) < 4.78 is 8.08. The number of amides is 1. The van der Waals surface area contributed by atoms with Gasteiger partial charge in [-0.25, -0.2) is 0 Å². The molecule has 1 aromatic rings. The lowest BCUT2D eigenvalue weighted by atomic mass is 9.82. The highest BCUT2D eigenvalue weighted by Gasteiger charge is 2.38. The lowest BCUT2D eigenvalue weighted by Gasteiger charge is -2.33. The largest absolute Gasteiger partial charge is 0.378 e. The second-order valence-electron chi connectivity index (χ2n) is 6.25. The van der Waals surface area contributed by atoms with Crippen LogP contribution in [0.2, 0.25) is 0 Å². The predicted molar refractivity (Wildman–Crippen MR) is 85.0 cm³/mol. The van der Waals surface area contributed by atoms with Gasteiger partial charge >= 0.3 is 0 Å². The summed E-state index contributed by atoms with van der Waals surface area (Å²) in [6, 6.07) is 0.240. The van der Waals surface area contributed by atoms with Crippen molar-refractivity contribution >= 4 is 18.1 Å². The lowest BCUT2D eigenvalue weighted by molar-refractivity contribution is -0.123. The summed E-state index contributed by atoms with van der Waals surface area (Å²) in [5, 5.41) is 10.2. The molecule has 0 radical (unpaired) electrons. The Morgan fingerprint density at radius 3 is 3.18 bits per heavy atom. The van der Waals surface area contributed by atoms with Crippen molar-refractivity contribution in [2.45, 2.75) is 64.1 Å². The molecular weight excluding hydrogens is 300 g/mol. The third kappa shape index (κ3) is 3.25. The van der Waals surface area contributed by atoms with Crippen LogP contribution in [0.5, 0.6) is 0 Å². The SMILES string of the molecule is CCCc1n[nH]c(=S)n1CC(=O)N[C@@H]1CCC[C@@H]2OCC[C@@H]21. The van der Waals surface area contributed by atoms with E-state index in [0.29, 0.717) is 16.8 Å². The van der Waals surface area contributed by atoms with Gasteiger partial charge in [0, 0.05) is 25.0 Å². The van der Waals surface area contributed by atoms with Crippen LogP contribution in [-0.4, -0.2) is 39.4 Å². The van der Waals surface area contributed by atoms with Crippen LogP contribution in [-0.2, 0) is 22.5 Å². The van der Waals surface area contributed by atoms with E-state index in [9.17, 15) is 4.79 Å². The molecule has 1 saturated heterocycles. The molecule has 0 aromatic carbocycles. The van der Waals surface area contributed by atoms with Crippen molar-refractivity contribution in [3.05, 3.63) is 10.6 Å². The molecule has 1 aliphatic heterocycles. The van der Waals surface area contributed by atoms with Crippen molar-refractivity contribution in [3.63, 3.8) is 0 Å². The van der Waals surface area contributed by atoms with Crippen molar-refractivity contribution in [3.8, 4) is 0 Å². The van der Waals surface area contributed by atoms with E-state index < -0.39 is 0 Å². The first kappa shape index (κ1) is 15.7. The van der Waals surface area contributed by atoms with Crippen LogP contribution in [0.1, 0.15) is 44.9 Å². The molecular formula is C15H24N4O2S. The van der Waals surface area contributed by atoms with Crippen molar-refractivity contribution in [2.24, 2.45) is 5.92 Å². The van der Waals surface area contributed by atoms with Crippen molar-refractivity contribution < 1.29 is 9.53 Å². The lowest BCUT2D eigenvalue weighted by Crippen LogP contribution is -2.46. The molecule has 3 rings (SSSR count). The molecule has 2 aliphatic rings. The molecule has 3 atom stereocenters. The van der Waals surface area contributed by atoms with Gasteiger partial charge in [-0.2, -0.15) is 5.10 Å². The smallest absolute Gasteiger partial charge is 0.240 e. The van der Waals surface area contributed by atoms with Crippen LogP contribution in [0.25, 0.3) is 0 Å². The highest BCUT2D eigenvalue weighted by atomic mass is 32.1. The Bertz CT molecular complexity index is 582. The average Bonchev–Trinajstić information content (AvgIpc) is 3.10. The maximum absolute atomic E-state index is 12.4. The number of nitrogens with zero attached hydrogens (tertiary/aromatic N) is 2. The second-order valence-corrected chi connectivity index (χ2v) is 6.63. The van der Waals surface area contributed by atoms with Gasteiger partial charge in [-0.15, -0.1) is 0 Å². The number of aromatic nitrogens is 3. The second kappa shape index (κ2) is 6.91. The number of ether oxygens (including phenoxy) is 1. The quantitative estimate of drug-likeness (QED) is 0.812. The molecule has 0 unspecified atom stereocenters. The van der Waals surface area contributed by atoms with Crippen LogP contribution in [0.3, 0.4) is 0 Å². The molecule has 0 bridgehead atoms.